The van der Waals surface area contributed by atoms with Gasteiger partial charge in [-0.05, 0) is 30.5 Å². The van der Waals surface area contributed by atoms with E-state index in [0.717, 1.165) is 30.5 Å². The Morgan fingerprint density at radius 3 is 2.24 bits per heavy atom. The number of halogens is 4. The molecule has 1 aromatic rings. The standard InChI is InChI=1S/C12H13ClF3N/c13-10-5-11(6-10)17-7-8-1-3-9(4-2-8)12(14,15)16/h1-4,10-11,17H,5-7H2. The number of hydrogen-bond donors (Lipinski definition) is 1. The molecule has 0 atom stereocenters. The van der Waals surface area contributed by atoms with Crippen LogP contribution in [0.3, 0.4) is 0 Å². The van der Waals surface area contributed by atoms with E-state index in [1.807, 2.05) is 0 Å². The Morgan fingerprint density at radius 1 is 1.18 bits per heavy atom. The predicted octanol–water partition coefficient (Wildman–Crippen LogP) is 3.56. The van der Waals surface area contributed by atoms with Gasteiger partial charge in [0.1, 0.15) is 0 Å². The van der Waals surface area contributed by atoms with Gasteiger partial charge in [0.05, 0.1) is 5.56 Å². The Balaban J connectivity index is 1.86. The van der Waals surface area contributed by atoms with Crippen molar-refractivity contribution in [3.63, 3.8) is 0 Å². The summed E-state index contributed by atoms with van der Waals surface area (Å²) >= 11 is 5.83. The van der Waals surface area contributed by atoms with Gasteiger partial charge in [0, 0.05) is 18.0 Å². The lowest BCUT2D eigenvalue weighted by atomic mass is 9.92. The van der Waals surface area contributed by atoms with Crippen molar-refractivity contribution in [1.29, 1.82) is 0 Å². The zero-order valence-electron chi connectivity index (χ0n) is 9.10. The van der Waals surface area contributed by atoms with Crippen LogP contribution >= 0.6 is 11.6 Å². The van der Waals surface area contributed by atoms with E-state index >= 15 is 0 Å². The first-order chi connectivity index (χ1) is 7.95. The van der Waals surface area contributed by atoms with Crippen molar-refractivity contribution in [3.05, 3.63) is 35.4 Å². The molecule has 0 amide bonds. The fourth-order valence-corrected chi connectivity index (χ4v) is 2.22. The third kappa shape index (κ3) is 3.36. The van der Waals surface area contributed by atoms with Gasteiger partial charge in [0.25, 0.3) is 0 Å². The van der Waals surface area contributed by atoms with Crippen molar-refractivity contribution in [2.24, 2.45) is 0 Å². The summed E-state index contributed by atoms with van der Waals surface area (Å²) in [6.45, 7) is 0.590. The van der Waals surface area contributed by atoms with Crippen LogP contribution in [-0.2, 0) is 12.7 Å². The fraction of sp³-hybridized carbons (Fsp3) is 0.500. The van der Waals surface area contributed by atoms with E-state index in [0.29, 0.717) is 12.6 Å². The van der Waals surface area contributed by atoms with E-state index in [4.69, 9.17) is 11.6 Å². The summed E-state index contributed by atoms with van der Waals surface area (Å²) in [4.78, 5) is 0. The Bertz CT molecular complexity index is 368. The molecule has 1 fully saturated rings. The maximum Gasteiger partial charge on any atom is 0.416 e. The molecular weight excluding hydrogens is 251 g/mol. The third-order valence-corrected chi connectivity index (χ3v) is 3.31. The van der Waals surface area contributed by atoms with E-state index in [1.54, 1.807) is 0 Å². The molecule has 1 aliphatic carbocycles. The topological polar surface area (TPSA) is 12.0 Å². The summed E-state index contributed by atoms with van der Waals surface area (Å²) < 4.78 is 36.9. The molecule has 17 heavy (non-hydrogen) atoms. The second-order valence-corrected chi connectivity index (χ2v) is 4.96. The highest BCUT2D eigenvalue weighted by atomic mass is 35.5. The van der Waals surface area contributed by atoms with Crippen LogP contribution < -0.4 is 5.32 Å². The first-order valence-electron chi connectivity index (χ1n) is 5.49. The number of hydrogen-bond acceptors (Lipinski definition) is 1. The number of rotatable bonds is 3. The zero-order valence-corrected chi connectivity index (χ0v) is 9.85. The van der Waals surface area contributed by atoms with Crippen LogP contribution in [0, 0.1) is 0 Å². The first kappa shape index (κ1) is 12.7. The molecule has 0 aromatic heterocycles. The minimum absolute atomic E-state index is 0.250. The molecule has 0 unspecified atom stereocenters. The molecule has 94 valence electrons. The second kappa shape index (κ2) is 4.86. The maximum absolute atomic E-state index is 12.3. The summed E-state index contributed by atoms with van der Waals surface area (Å²) in [5.41, 5.74) is 0.252. The highest BCUT2D eigenvalue weighted by molar-refractivity contribution is 6.21. The number of benzene rings is 1. The third-order valence-electron chi connectivity index (χ3n) is 2.96. The average Bonchev–Trinajstić information content (AvgIpc) is 2.22. The summed E-state index contributed by atoms with van der Waals surface area (Å²) in [5.74, 6) is 0. The summed E-state index contributed by atoms with van der Waals surface area (Å²) in [6, 6.07) is 5.64. The van der Waals surface area contributed by atoms with Crippen molar-refractivity contribution < 1.29 is 13.2 Å². The molecule has 1 saturated carbocycles. The molecule has 0 spiro atoms. The lowest BCUT2D eigenvalue weighted by Crippen LogP contribution is -2.41. The van der Waals surface area contributed by atoms with E-state index in [-0.39, 0.29) is 5.38 Å². The fourth-order valence-electron chi connectivity index (χ4n) is 1.79. The highest BCUT2D eigenvalue weighted by Gasteiger charge is 2.30. The average molecular weight is 264 g/mol. The molecule has 1 aromatic carbocycles. The van der Waals surface area contributed by atoms with Crippen molar-refractivity contribution in [3.8, 4) is 0 Å². The van der Waals surface area contributed by atoms with Crippen LogP contribution in [0.1, 0.15) is 24.0 Å². The Hall–Kier alpha value is -0.740. The smallest absolute Gasteiger partial charge is 0.310 e. The van der Waals surface area contributed by atoms with Gasteiger partial charge >= 0.3 is 6.18 Å². The highest BCUT2D eigenvalue weighted by Crippen LogP contribution is 2.29. The van der Waals surface area contributed by atoms with Crippen LogP contribution in [0.5, 0.6) is 0 Å². The van der Waals surface area contributed by atoms with Crippen LogP contribution in [0.4, 0.5) is 13.2 Å². The van der Waals surface area contributed by atoms with Crippen LogP contribution in [-0.4, -0.2) is 11.4 Å². The largest absolute Gasteiger partial charge is 0.416 e. The monoisotopic (exact) mass is 263 g/mol. The van der Waals surface area contributed by atoms with Gasteiger partial charge < -0.3 is 5.32 Å². The molecular formula is C12H13ClF3N. The quantitative estimate of drug-likeness (QED) is 0.822. The van der Waals surface area contributed by atoms with Gasteiger partial charge in [-0.15, -0.1) is 11.6 Å². The Morgan fingerprint density at radius 2 is 1.76 bits per heavy atom. The minimum atomic E-state index is -4.26. The van der Waals surface area contributed by atoms with Crippen molar-refractivity contribution in [2.75, 3.05) is 0 Å². The predicted molar refractivity (Wildman–Crippen MR) is 60.9 cm³/mol. The van der Waals surface area contributed by atoms with E-state index < -0.39 is 11.7 Å². The summed E-state index contributed by atoms with van der Waals surface area (Å²) in [6.07, 6.45) is -2.39. The lowest BCUT2D eigenvalue weighted by molar-refractivity contribution is -0.137. The molecule has 0 heterocycles. The molecule has 5 heteroatoms. The van der Waals surface area contributed by atoms with Gasteiger partial charge in [-0.25, -0.2) is 0 Å². The molecule has 1 aliphatic rings. The second-order valence-electron chi connectivity index (χ2n) is 4.34. The molecule has 2 rings (SSSR count). The SMILES string of the molecule is FC(F)(F)c1ccc(CNC2CC(Cl)C2)cc1. The first-order valence-corrected chi connectivity index (χ1v) is 5.92. The van der Waals surface area contributed by atoms with Gasteiger partial charge in [-0.1, -0.05) is 12.1 Å². The lowest BCUT2D eigenvalue weighted by Gasteiger charge is -2.31. The zero-order chi connectivity index (χ0) is 12.5. The molecule has 0 bridgehead atoms. The maximum atomic E-state index is 12.3. The van der Waals surface area contributed by atoms with Gasteiger partial charge in [-0.3, -0.25) is 0 Å². The minimum Gasteiger partial charge on any atom is -0.310 e. The van der Waals surface area contributed by atoms with Crippen molar-refractivity contribution in [2.45, 2.75) is 37.0 Å². The number of alkyl halides is 4. The Labute approximate surface area is 103 Å². The normalized spacial score (nSPS) is 24.5. The van der Waals surface area contributed by atoms with E-state index in [2.05, 4.69) is 5.32 Å². The van der Waals surface area contributed by atoms with Crippen LogP contribution in [0.2, 0.25) is 0 Å². The van der Waals surface area contributed by atoms with Crippen LogP contribution in [0.25, 0.3) is 0 Å². The van der Waals surface area contributed by atoms with E-state index in [9.17, 15) is 13.2 Å². The summed E-state index contributed by atoms with van der Waals surface area (Å²) in [5, 5.41) is 3.51. The Kier molecular flexibility index (Phi) is 3.64. The van der Waals surface area contributed by atoms with E-state index in [1.165, 1.54) is 12.1 Å². The van der Waals surface area contributed by atoms with Gasteiger partial charge in [-0.2, -0.15) is 13.2 Å². The van der Waals surface area contributed by atoms with Gasteiger partial charge in [0.15, 0.2) is 0 Å². The van der Waals surface area contributed by atoms with Crippen molar-refractivity contribution >= 4 is 11.6 Å². The number of nitrogens with one attached hydrogen (secondary N) is 1. The molecule has 0 radical (unpaired) electrons. The molecule has 0 saturated heterocycles. The molecule has 1 N–H and O–H groups in total. The molecule has 0 aliphatic heterocycles. The summed E-state index contributed by atoms with van der Waals surface area (Å²) in [7, 11) is 0. The van der Waals surface area contributed by atoms with Crippen LogP contribution in [0.15, 0.2) is 24.3 Å². The van der Waals surface area contributed by atoms with Gasteiger partial charge in [0.2, 0.25) is 0 Å². The van der Waals surface area contributed by atoms with Crippen molar-refractivity contribution in [1.82, 2.24) is 5.32 Å². The molecule has 1 nitrogen and oxygen atoms in total.